The van der Waals surface area contributed by atoms with E-state index in [2.05, 4.69) is 26.8 Å². The largest absolute Gasteiger partial charge is 0.367 e. The lowest BCUT2D eigenvalue weighted by Gasteiger charge is -2.11. The molecule has 0 atom stereocenters. The Bertz CT molecular complexity index is 1510. The molecule has 2 N–H and O–H groups in total. The predicted octanol–water partition coefficient (Wildman–Crippen LogP) is 5.55. The number of hydrogen-bond donors (Lipinski definition) is 2. The minimum Gasteiger partial charge on any atom is -0.367 e. The van der Waals surface area contributed by atoms with Crippen molar-refractivity contribution in [2.75, 3.05) is 11.9 Å². The number of imidazole rings is 1. The predicted molar refractivity (Wildman–Crippen MR) is 126 cm³/mol. The Morgan fingerprint density at radius 3 is 2.82 bits per heavy atom. The summed E-state index contributed by atoms with van der Waals surface area (Å²) in [6.45, 7) is 8.04. The Kier molecular flexibility index (Phi) is 5.12. The number of H-pyrrole nitrogens is 1. The van der Waals surface area contributed by atoms with Gasteiger partial charge in [-0.15, -0.1) is 0 Å². The van der Waals surface area contributed by atoms with Gasteiger partial charge in [-0.1, -0.05) is 12.6 Å². The maximum absolute atomic E-state index is 14.3. The topological polar surface area (TPSA) is 70.9 Å². The number of nitrogens with zero attached hydrogens (tertiary/aromatic N) is 4. The van der Waals surface area contributed by atoms with E-state index in [9.17, 15) is 8.78 Å². The lowest BCUT2D eigenvalue weighted by atomic mass is 10.1. The van der Waals surface area contributed by atoms with Crippen LogP contribution in [0.25, 0.3) is 33.4 Å². The van der Waals surface area contributed by atoms with Crippen molar-refractivity contribution in [3.8, 4) is 11.3 Å². The average molecular weight is 444 g/mol. The van der Waals surface area contributed by atoms with Crippen molar-refractivity contribution in [3.05, 3.63) is 84.2 Å². The first-order valence-electron chi connectivity index (χ1n) is 10.6. The third-order valence-electron chi connectivity index (χ3n) is 5.67. The Balaban J connectivity index is 1.51. The van der Waals surface area contributed by atoms with Crippen molar-refractivity contribution >= 4 is 27.9 Å². The number of fused-ring (bicyclic) bond motifs is 2. The van der Waals surface area contributed by atoms with Gasteiger partial charge in [0.05, 0.1) is 23.3 Å². The third kappa shape index (κ3) is 3.73. The molecule has 0 aliphatic rings. The van der Waals surface area contributed by atoms with E-state index in [0.717, 1.165) is 22.3 Å². The lowest BCUT2D eigenvalue weighted by Crippen LogP contribution is -2.09. The lowest BCUT2D eigenvalue weighted by molar-refractivity contribution is 0.610. The highest BCUT2D eigenvalue weighted by molar-refractivity contribution is 5.84. The first-order valence-corrected chi connectivity index (χ1v) is 10.6. The van der Waals surface area contributed by atoms with E-state index < -0.39 is 5.82 Å². The number of nitrogens with one attached hydrogen (secondary N) is 2. The smallest absolute Gasteiger partial charge is 0.180 e. The van der Waals surface area contributed by atoms with E-state index in [1.165, 1.54) is 12.1 Å². The van der Waals surface area contributed by atoms with E-state index in [4.69, 9.17) is 4.98 Å². The highest BCUT2D eigenvalue weighted by Gasteiger charge is 2.15. The van der Waals surface area contributed by atoms with E-state index in [1.54, 1.807) is 31.6 Å². The Morgan fingerprint density at radius 2 is 2.03 bits per heavy atom. The fourth-order valence-corrected chi connectivity index (χ4v) is 3.93. The van der Waals surface area contributed by atoms with Gasteiger partial charge in [-0.05, 0) is 49.6 Å². The average Bonchev–Trinajstić information content (AvgIpc) is 3.41. The van der Waals surface area contributed by atoms with E-state index in [-0.39, 0.29) is 5.82 Å². The highest BCUT2D eigenvalue weighted by atomic mass is 19.1. The molecule has 0 bridgehead atoms. The molecule has 0 saturated heterocycles. The van der Waals surface area contributed by atoms with Crippen LogP contribution in [0.5, 0.6) is 0 Å². The summed E-state index contributed by atoms with van der Waals surface area (Å²) < 4.78 is 30.4. The SMILES string of the molecule is C=C(C)c1cnc2c(NCCc3c[nH]c4cccc(F)c34)nc(-c3cnc(C)c(F)c3)cn12. The summed E-state index contributed by atoms with van der Waals surface area (Å²) in [4.78, 5) is 16.4. The van der Waals surface area contributed by atoms with Gasteiger partial charge >= 0.3 is 0 Å². The van der Waals surface area contributed by atoms with Crippen molar-refractivity contribution < 1.29 is 8.78 Å². The van der Waals surface area contributed by atoms with Crippen molar-refractivity contribution in [2.45, 2.75) is 20.3 Å². The molecule has 0 fully saturated rings. The fraction of sp³-hybridized carbons (Fsp3) is 0.160. The standard InChI is InChI=1S/C25H22F2N6/c1-14(2)22-12-31-25-24(28-8-7-16-10-30-20-6-4-5-18(26)23(16)20)32-21(13-33(22)25)17-9-19(27)15(3)29-11-17/h4-6,9-13,30H,1,7-8H2,2-3H3,(H,28,32). The van der Waals surface area contributed by atoms with Crippen molar-refractivity contribution in [2.24, 2.45) is 0 Å². The van der Waals surface area contributed by atoms with Crippen LogP contribution < -0.4 is 5.32 Å². The normalized spacial score (nSPS) is 11.4. The quantitative estimate of drug-likeness (QED) is 0.360. The van der Waals surface area contributed by atoms with Crippen molar-refractivity contribution in [3.63, 3.8) is 0 Å². The number of halogens is 2. The molecule has 5 aromatic rings. The van der Waals surface area contributed by atoms with Crippen LogP contribution >= 0.6 is 0 Å². The van der Waals surface area contributed by atoms with Gasteiger partial charge in [0, 0.05) is 41.6 Å². The molecule has 0 unspecified atom stereocenters. The van der Waals surface area contributed by atoms with Crippen LogP contribution in [0.1, 0.15) is 23.9 Å². The van der Waals surface area contributed by atoms with Gasteiger partial charge in [-0.2, -0.15) is 0 Å². The summed E-state index contributed by atoms with van der Waals surface area (Å²) in [5, 5.41) is 3.92. The second-order valence-electron chi connectivity index (χ2n) is 8.04. The second kappa shape index (κ2) is 8.12. The van der Waals surface area contributed by atoms with E-state index in [0.29, 0.717) is 46.8 Å². The Labute approximate surface area is 189 Å². The highest BCUT2D eigenvalue weighted by Crippen LogP contribution is 2.26. The molecule has 8 heteroatoms. The maximum Gasteiger partial charge on any atom is 0.180 e. The summed E-state index contributed by atoms with van der Waals surface area (Å²) in [6, 6.07) is 6.41. The van der Waals surface area contributed by atoms with Crippen molar-refractivity contribution in [1.29, 1.82) is 0 Å². The second-order valence-corrected chi connectivity index (χ2v) is 8.04. The van der Waals surface area contributed by atoms with Gasteiger partial charge in [0.1, 0.15) is 11.6 Å². The summed E-state index contributed by atoms with van der Waals surface area (Å²) in [7, 11) is 0. The number of anilines is 1. The number of pyridine rings is 1. The van der Waals surface area contributed by atoms with Gasteiger partial charge in [-0.3, -0.25) is 9.38 Å². The molecule has 4 heterocycles. The number of rotatable bonds is 6. The summed E-state index contributed by atoms with van der Waals surface area (Å²) in [6.07, 6.45) is 7.54. The van der Waals surface area contributed by atoms with E-state index >= 15 is 0 Å². The molecule has 1 aromatic carbocycles. The van der Waals surface area contributed by atoms with Crippen LogP contribution in [0.4, 0.5) is 14.6 Å². The summed E-state index contributed by atoms with van der Waals surface area (Å²) in [5.41, 5.74) is 5.37. The van der Waals surface area contributed by atoms with Crippen LogP contribution in [0.15, 0.2) is 55.6 Å². The zero-order chi connectivity index (χ0) is 23.1. The number of aromatic amines is 1. The zero-order valence-corrected chi connectivity index (χ0v) is 18.3. The first-order chi connectivity index (χ1) is 15.9. The van der Waals surface area contributed by atoms with Crippen LogP contribution in [0, 0.1) is 18.6 Å². The number of aromatic nitrogens is 5. The molecule has 5 rings (SSSR count). The first kappa shape index (κ1) is 20.8. The van der Waals surface area contributed by atoms with Crippen LogP contribution in [0.2, 0.25) is 0 Å². The molecule has 0 spiro atoms. The number of allylic oxidation sites excluding steroid dienone is 1. The molecule has 0 amide bonds. The number of benzene rings is 1. The minimum absolute atomic E-state index is 0.250. The van der Waals surface area contributed by atoms with Gasteiger partial charge < -0.3 is 10.3 Å². The molecule has 0 saturated carbocycles. The van der Waals surface area contributed by atoms with Gasteiger partial charge in [0.2, 0.25) is 0 Å². The molecule has 6 nitrogen and oxygen atoms in total. The molecule has 33 heavy (non-hydrogen) atoms. The van der Waals surface area contributed by atoms with Gasteiger partial charge in [-0.25, -0.2) is 18.7 Å². The van der Waals surface area contributed by atoms with Gasteiger partial charge in [0.25, 0.3) is 0 Å². The van der Waals surface area contributed by atoms with Crippen molar-refractivity contribution in [1.82, 2.24) is 24.3 Å². The van der Waals surface area contributed by atoms with E-state index in [1.807, 2.05) is 23.6 Å². The molecular formula is C25H22F2N6. The Morgan fingerprint density at radius 1 is 1.18 bits per heavy atom. The molecule has 0 aliphatic heterocycles. The molecule has 166 valence electrons. The minimum atomic E-state index is -0.393. The van der Waals surface area contributed by atoms with Gasteiger partial charge in [0.15, 0.2) is 11.5 Å². The third-order valence-corrected chi connectivity index (χ3v) is 5.67. The molecule has 0 aliphatic carbocycles. The number of hydrogen-bond acceptors (Lipinski definition) is 4. The Hall–Kier alpha value is -4.07. The number of aryl methyl sites for hydroxylation is 1. The molecule has 4 aromatic heterocycles. The summed E-state index contributed by atoms with van der Waals surface area (Å²) >= 11 is 0. The summed E-state index contributed by atoms with van der Waals surface area (Å²) in [5.74, 6) is -0.100. The monoisotopic (exact) mass is 444 g/mol. The maximum atomic E-state index is 14.3. The zero-order valence-electron chi connectivity index (χ0n) is 18.3. The van der Waals surface area contributed by atoms with Crippen LogP contribution in [-0.4, -0.2) is 30.9 Å². The molecule has 0 radical (unpaired) electrons. The van der Waals surface area contributed by atoms with Crippen LogP contribution in [0.3, 0.4) is 0 Å². The molecular weight excluding hydrogens is 422 g/mol. The van der Waals surface area contributed by atoms with Crippen LogP contribution in [-0.2, 0) is 6.42 Å². The fourth-order valence-electron chi connectivity index (χ4n) is 3.93.